The van der Waals surface area contributed by atoms with Crippen LogP contribution < -0.4 is 14.8 Å². The van der Waals surface area contributed by atoms with Crippen LogP contribution in [0.3, 0.4) is 0 Å². The van der Waals surface area contributed by atoms with Gasteiger partial charge in [-0.05, 0) is 38.2 Å². The summed E-state index contributed by atoms with van der Waals surface area (Å²) >= 11 is 0. The molecule has 144 valence electrons. The molecule has 1 aliphatic carbocycles. The maximum atomic E-state index is 6.11. The largest absolute Gasteiger partial charge is 0.478 e. The summed E-state index contributed by atoms with van der Waals surface area (Å²) < 4.78 is 11.9. The average molecular weight is 378 g/mol. The van der Waals surface area contributed by atoms with Crippen molar-refractivity contribution in [2.45, 2.75) is 44.1 Å². The predicted octanol–water partition coefficient (Wildman–Crippen LogP) is 3.38. The summed E-state index contributed by atoms with van der Waals surface area (Å²) in [4.78, 5) is 13.2. The van der Waals surface area contributed by atoms with Crippen LogP contribution in [0.4, 0.5) is 11.5 Å². The summed E-state index contributed by atoms with van der Waals surface area (Å²) in [6, 6.07) is 5.86. The van der Waals surface area contributed by atoms with Gasteiger partial charge in [0.2, 0.25) is 11.8 Å². The predicted molar refractivity (Wildman–Crippen MR) is 103 cm³/mol. The van der Waals surface area contributed by atoms with Gasteiger partial charge < -0.3 is 14.8 Å². The van der Waals surface area contributed by atoms with Gasteiger partial charge in [-0.3, -0.25) is 10.1 Å². The Balaban J connectivity index is 1.42. The number of aromatic nitrogens is 5. The molecule has 4 heterocycles. The van der Waals surface area contributed by atoms with E-state index in [0.717, 1.165) is 55.0 Å². The van der Waals surface area contributed by atoms with E-state index in [0.29, 0.717) is 24.3 Å². The van der Waals surface area contributed by atoms with Gasteiger partial charge in [0.15, 0.2) is 5.82 Å². The molecule has 28 heavy (non-hydrogen) atoms. The van der Waals surface area contributed by atoms with Crippen molar-refractivity contribution in [1.29, 1.82) is 0 Å². The summed E-state index contributed by atoms with van der Waals surface area (Å²) in [6.07, 6.45) is 9.98. The molecule has 2 N–H and O–H groups in total. The minimum atomic E-state index is 0.152. The fraction of sp³-hybridized carbons (Fsp3) is 0.400. The molecule has 3 aromatic rings. The van der Waals surface area contributed by atoms with Gasteiger partial charge in [0.25, 0.3) is 0 Å². The lowest BCUT2D eigenvalue weighted by molar-refractivity contribution is 0.198. The molecule has 0 radical (unpaired) electrons. The summed E-state index contributed by atoms with van der Waals surface area (Å²) in [5, 5.41) is 10.9. The van der Waals surface area contributed by atoms with E-state index in [9.17, 15) is 0 Å². The highest BCUT2D eigenvalue weighted by atomic mass is 16.5. The Hall–Kier alpha value is -3.16. The van der Waals surface area contributed by atoms with E-state index in [1.807, 2.05) is 12.1 Å². The highest BCUT2D eigenvalue weighted by Crippen LogP contribution is 2.36. The molecule has 8 nitrogen and oxygen atoms in total. The quantitative estimate of drug-likeness (QED) is 0.619. The standard InChI is InChI=1S/C20H22N6O2/c1-2-15-11-21-12-20(24-15)28-16-4-3-13(8-16)17-10-18(26-25-17)23-14-5-6-22-19(9-14)27-7-1/h5-6,9-13,16H,1-4,7-8H2,(H2,23,25,26)/t13-,16+/m0/s1. The van der Waals surface area contributed by atoms with Crippen molar-refractivity contribution in [3.05, 3.63) is 48.2 Å². The molecule has 0 aromatic carbocycles. The van der Waals surface area contributed by atoms with Crippen molar-refractivity contribution in [2.24, 2.45) is 0 Å². The molecule has 3 aromatic heterocycles. The summed E-state index contributed by atoms with van der Waals surface area (Å²) in [5.74, 6) is 2.38. The first-order valence-corrected chi connectivity index (χ1v) is 9.70. The van der Waals surface area contributed by atoms with Gasteiger partial charge >= 0.3 is 0 Å². The second kappa shape index (κ2) is 7.46. The number of fused-ring (bicyclic) bond motifs is 9. The number of hydrogen-bond acceptors (Lipinski definition) is 7. The van der Waals surface area contributed by atoms with Crippen molar-refractivity contribution in [3.8, 4) is 11.8 Å². The van der Waals surface area contributed by atoms with Crippen LogP contribution in [0.15, 0.2) is 36.8 Å². The minimum Gasteiger partial charge on any atom is -0.478 e. The average Bonchev–Trinajstić information content (AvgIpc) is 3.35. The van der Waals surface area contributed by atoms with Gasteiger partial charge in [0.05, 0.1) is 18.5 Å². The molecule has 1 fully saturated rings. The number of rotatable bonds is 0. The Morgan fingerprint density at radius 3 is 3.11 bits per heavy atom. The van der Waals surface area contributed by atoms with Crippen molar-refractivity contribution in [1.82, 2.24) is 25.1 Å². The van der Waals surface area contributed by atoms with Crippen LogP contribution >= 0.6 is 0 Å². The zero-order valence-electron chi connectivity index (χ0n) is 15.5. The topological polar surface area (TPSA) is 97.8 Å². The van der Waals surface area contributed by atoms with E-state index in [1.54, 1.807) is 18.6 Å². The second-order valence-electron chi connectivity index (χ2n) is 7.27. The minimum absolute atomic E-state index is 0.152. The van der Waals surface area contributed by atoms with Gasteiger partial charge in [-0.1, -0.05) is 0 Å². The highest BCUT2D eigenvalue weighted by Gasteiger charge is 2.29. The molecule has 2 aliphatic rings. The van der Waals surface area contributed by atoms with Crippen molar-refractivity contribution < 1.29 is 9.47 Å². The number of aromatic amines is 1. The molecule has 1 saturated carbocycles. The van der Waals surface area contributed by atoms with E-state index in [4.69, 9.17) is 9.47 Å². The van der Waals surface area contributed by atoms with Crippen LogP contribution in [0.25, 0.3) is 0 Å². The van der Waals surface area contributed by atoms with Gasteiger partial charge in [-0.15, -0.1) is 0 Å². The SMILES string of the molecule is c1cc2cc(n1)OCCCc1cncc(n1)O[C@@H]1CC[C@@H](C1)c1cc(n[nH]1)N2. The van der Waals surface area contributed by atoms with Crippen LogP contribution in [0.2, 0.25) is 0 Å². The number of hydrogen-bond donors (Lipinski definition) is 2. The molecule has 8 heteroatoms. The number of aryl methyl sites for hydroxylation is 1. The molecule has 2 atom stereocenters. The molecule has 0 saturated heterocycles. The van der Waals surface area contributed by atoms with E-state index in [2.05, 4.69) is 36.5 Å². The molecule has 5 rings (SSSR count). The molecule has 0 unspecified atom stereocenters. The van der Waals surface area contributed by atoms with Crippen LogP contribution in [0.5, 0.6) is 11.8 Å². The first kappa shape index (κ1) is 17.0. The smallest absolute Gasteiger partial charge is 0.232 e. The Morgan fingerprint density at radius 2 is 2.11 bits per heavy atom. The van der Waals surface area contributed by atoms with Gasteiger partial charge in [-0.25, -0.2) is 9.97 Å². The number of H-pyrrole nitrogens is 1. The molecule has 0 amide bonds. The number of anilines is 2. The van der Waals surface area contributed by atoms with Gasteiger partial charge in [-0.2, -0.15) is 5.10 Å². The molecule has 0 spiro atoms. The summed E-state index contributed by atoms with van der Waals surface area (Å²) in [7, 11) is 0. The van der Waals surface area contributed by atoms with E-state index in [-0.39, 0.29) is 6.10 Å². The third-order valence-electron chi connectivity index (χ3n) is 5.21. The number of nitrogens with one attached hydrogen (secondary N) is 2. The summed E-state index contributed by atoms with van der Waals surface area (Å²) in [5.41, 5.74) is 2.94. The highest BCUT2D eigenvalue weighted by molar-refractivity contribution is 5.57. The Bertz CT molecular complexity index is 959. The zero-order valence-corrected chi connectivity index (χ0v) is 15.5. The van der Waals surface area contributed by atoms with E-state index >= 15 is 0 Å². The first-order chi connectivity index (χ1) is 13.8. The first-order valence-electron chi connectivity index (χ1n) is 9.70. The van der Waals surface area contributed by atoms with Crippen LogP contribution in [0, 0.1) is 0 Å². The van der Waals surface area contributed by atoms with E-state index in [1.165, 1.54) is 0 Å². The molecule has 8 bridgehead atoms. The lowest BCUT2D eigenvalue weighted by Crippen LogP contribution is -2.13. The van der Waals surface area contributed by atoms with Crippen molar-refractivity contribution >= 4 is 11.5 Å². The third-order valence-corrected chi connectivity index (χ3v) is 5.21. The molecule has 1 aliphatic heterocycles. The number of nitrogens with zero attached hydrogens (tertiary/aromatic N) is 4. The maximum absolute atomic E-state index is 6.11. The number of ether oxygens (including phenoxy) is 2. The van der Waals surface area contributed by atoms with Gasteiger partial charge in [0.1, 0.15) is 6.10 Å². The summed E-state index contributed by atoms with van der Waals surface area (Å²) in [6.45, 7) is 0.556. The molecular weight excluding hydrogens is 356 g/mol. The normalized spacial score (nSPS) is 21.6. The van der Waals surface area contributed by atoms with Gasteiger partial charge in [0, 0.05) is 41.8 Å². The van der Waals surface area contributed by atoms with Crippen molar-refractivity contribution in [2.75, 3.05) is 11.9 Å². The van der Waals surface area contributed by atoms with Crippen LogP contribution in [-0.2, 0) is 6.42 Å². The Labute approximate surface area is 162 Å². The maximum Gasteiger partial charge on any atom is 0.232 e. The lowest BCUT2D eigenvalue weighted by atomic mass is 10.0. The van der Waals surface area contributed by atoms with Crippen LogP contribution in [0.1, 0.15) is 43.0 Å². The fourth-order valence-electron chi connectivity index (χ4n) is 3.82. The van der Waals surface area contributed by atoms with Crippen molar-refractivity contribution in [3.63, 3.8) is 0 Å². The second-order valence-corrected chi connectivity index (χ2v) is 7.27. The monoisotopic (exact) mass is 378 g/mol. The fourth-order valence-corrected chi connectivity index (χ4v) is 3.82. The third kappa shape index (κ3) is 3.76. The lowest BCUT2D eigenvalue weighted by Gasteiger charge is -2.13. The Morgan fingerprint density at radius 1 is 1.11 bits per heavy atom. The zero-order chi connectivity index (χ0) is 18.8. The molecular formula is C20H22N6O2. The van der Waals surface area contributed by atoms with E-state index < -0.39 is 0 Å². The number of pyridine rings is 1. The Kier molecular flexibility index (Phi) is 4.52. The van der Waals surface area contributed by atoms with Crippen LogP contribution in [-0.4, -0.2) is 37.9 Å².